The maximum absolute atomic E-state index is 10.8. The van der Waals surface area contributed by atoms with Crippen molar-refractivity contribution < 1.29 is 24.3 Å². The van der Waals surface area contributed by atoms with Gasteiger partial charge in [0, 0.05) is 0 Å². The first-order valence-corrected chi connectivity index (χ1v) is 3.35. The minimum atomic E-state index is -1.68. The lowest BCUT2D eigenvalue weighted by Gasteiger charge is -2.23. The summed E-state index contributed by atoms with van der Waals surface area (Å²) in [7, 11) is 0. The van der Waals surface area contributed by atoms with E-state index in [0.29, 0.717) is 4.90 Å². The zero-order chi connectivity index (χ0) is 10.0. The Morgan fingerprint density at radius 1 is 1.23 bits per heavy atom. The normalized spacial score (nSPS) is 16.8. The van der Waals surface area contributed by atoms with Crippen LogP contribution in [-0.4, -0.2) is 46.8 Å². The SMILES string of the molecule is O=C1CN(C(=O)C(=O)O)CC(=O)N1. The molecule has 0 aromatic heterocycles. The van der Waals surface area contributed by atoms with Gasteiger partial charge in [0.2, 0.25) is 11.8 Å². The second kappa shape index (κ2) is 3.21. The third-order valence-electron chi connectivity index (χ3n) is 1.42. The summed E-state index contributed by atoms with van der Waals surface area (Å²) < 4.78 is 0. The zero-order valence-corrected chi connectivity index (χ0v) is 6.44. The van der Waals surface area contributed by atoms with Gasteiger partial charge in [-0.3, -0.25) is 19.7 Å². The average molecular weight is 186 g/mol. The molecule has 13 heavy (non-hydrogen) atoms. The van der Waals surface area contributed by atoms with Crippen molar-refractivity contribution in [3.8, 4) is 0 Å². The Labute approximate surface area is 72.3 Å². The fraction of sp³-hybridized carbons (Fsp3) is 0.333. The lowest BCUT2D eigenvalue weighted by molar-refractivity contribution is -0.158. The van der Waals surface area contributed by atoms with Gasteiger partial charge < -0.3 is 10.0 Å². The van der Waals surface area contributed by atoms with Crippen molar-refractivity contribution >= 4 is 23.7 Å². The molecule has 0 atom stereocenters. The quantitative estimate of drug-likeness (QED) is 0.323. The van der Waals surface area contributed by atoms with Gasteiger partial charge in [0.1, 0.15) is 13.1 Å². The minimum Gasteiger partial charge on any atom is -0.474 e. The van der Waals surface area contributed by atoms with Gasteiger partial charge in [0.05, 0.1) is 0 Å². The van der Waals surface area contributed by atoms with Crippen molar-refractivity contribution in [3.05, 3.63) is 0 Å². The third kappa shape index (κ3) is 2.01. The largest absolute Gasteiger partial charge is 0.474 e. The second-order valence-electron chi connectivity index (χ2n) is 2.44. The van der Waals surface area contributed by atoms with Crippen LogP contribution >= 0.6 is 0 Å². The van der Waals surface area contributed by atoms with Crippen LogP contribution in [0.2, 0.25) is 0 Å². The summed E-state index contributed by atoms with van der Waals surface area (Å²) in [5.41, 5.74) is 0. The summed E-state index contributed by atoms with van der Waals surface area (Å²) >= 11 is 0. The summed E-state index contributed by atoms with van der Waals surface area (Å²) in [5.74, 6) is -4.28. The highest BCUT2D eigenvalue weighted by Crippen LogP contribution is 1.95. The summed E-state index contributed by atoms with van der Waals surface area (Å²) in [6.45, 7) is -0.784. The average Bonchev–Trinajstić information content (AvgIpc) is 2.01. The van der Waals surface area contributed by atoms with Crippen molar-refractivity contribution in [1.29, 1.82) is 0 Å². The van der Waals surface area contributed by atoms with Gasteiger partial charge in [0.25, 0.3) is 0 Å². The number of carboxylic acids is 1. The summed E-state index contributed by atoms with van der Waals surface area (Å²) in [5, 5.41) is 10.2. The molecule has 0 aromatic rings. The van der Waals surface area contributed by atoms with Gasteiger partial charge in [-0.15, -0.1) is 0 Å². The maximum atomic E-state index is 10.8. The fourth-order valence-corrected chi connectivity index (χ4v) is 0.916. The molecule has 1 saturated heterocycles. The van der Waals surface area contributed by atoms with E-state index in [2.05, 4.69) is 0 Å². The van der Waals surface area contributed by atoms with Crippen LogP contribution in [-0.2, 0) is 19.2 Å². The van der Waals surface area contributed by atoms with E-state index >= 15 is 0 Å². The van der Waals surface area contributed by atoms with Crippen LogP contribution < -0.4 is 5.32 Å². The van der Waals surface area contributed by atoms with Crippen LogP contribution in [0.5, 0.6) is 0 Å². The second-order valence-corrected chi connectivity index (χ2v) is 2.44. The maximum Gasteiger partial charge on any atom is 0.394 e. The van der Waals surface area contributed by atoms with Crippen LogP contribution in [0.15, 0.2) is 0 Å². The molecular weight excluding hydrogens is 180 g/mol. The number of amides is 3. The van der Waals surface area contributed by atoms with Crippen molar-refractivity contribution in [1.82, 2.24) is 10.2 Å². The molecule has 7 heteroatoms. The molecule has 0 saturated carbocycles. The molecular formula is C6H6N2O5. The summed E-state index contributed by atoms with van der Waals surface area (Å²) in [4.78, 5) is 43.0. The van der Waals surface area contributed by atoms with Crippen LogP contribution in [0.1, 0.15) is 0 Å². The standard InChI is InChI=1S/C6H6N2O5/c9-3-1-8(2-4(10)7-3)5(11)6(12)13/h1-2H2,(H,12,13)(H,7,9,10). The molecule has 70 valence electrons. The number of nitrogens with zero attached hydrogens (tertiary/aromatic N) is 1. The van der Waals surface area contributed by atoms with E-state index in [1.54, 1.807) is 0 Å². The molecule has 0 unspecified atom stereocenters. The number of hydrogen-bond acceptors (Lipinski definition) is 4. The first-order chi connectivity index (χ1) is 6.00. The molecule has 0 aliphatic carbocycles. The topological polar surface area (TPSA) is 104 Å². The van der Waals surface area contributed by atoms with Gasteiger partial charge >= 0.3 is 11.9 Å². The number of aliphatic carboxylic acids is 1. The molecule has 1 rings (SSSR count). The van der Waals surface area contributed by atoms with E-state index in [0.717, 1.165) is 0 Å². The zero-order valence-electron chi connectivity index (χ0n) is 6.44. The minimum absolute atomic E-state index is 0.392. The number of imide groups is 1. The van der Waals surface area contributed by atoms with Crippen molar-refractivity contribution in [3.63, 3.8) is 0 Å². The van der Waals surface area contributed by atoms with Gasteiger partial charge in [0.15, 0.2) is 0 Å². The molecule has 1 aliphatic heterocycles. The number of rotatable bonds is 0. The first-order valence-electron chi connectivity index (χ1n) is 3.35. The number of carboxylic acid groups (broad SMARTS) is 1. The first kappa shape index (κ1) is 9.17. The van der Waals surface area contributed by atoms with E-state index in [1.165, 1.54) is 0 Å². The molecule has 0 radical (unpaired) electrons. The van der Waals surface area contributed by atoms with Crippen molar-refractivity contribution in [2.45, 2.75) is 0 Å². The smallest absolute Gasteiger partial charge is 0.394 e. The summed E-state index contributed by atoms with van der Waals surface area (Å²) in [6, 6.07) is 0. The van der Waals surface area contributed by atoms with Crippen LogP contribution in [0.25, 0.3) is 0 Å². The van der Waals surface area contributed by atoms with Gasteiger partial charge in [-0.1, -0.05) is 0 Å². The highest BCUT2D eigenvalue weighted by molar-refractivity contribution is 6.32. The Bertz CT molecular complexity index is 281. The van der Waals surface area contributed by atoms with Crippen LogP contribution in [0, 0.1) is 0 Å². The van der Waals surface area contributed by atoms with E-state index in [-0.39, 0.29) is 0 Å². The Morgan fingerprint density at radius 2 is 1.69 bits per heavy atom. The molecule has 1 heterocycles. The van der Waals surface area contributed by atoms with Crippen molar-refractivity contribution in [2.75, 3.05) is 13.1 Å². The number of nitrogens with one attached hydrogen (secondary N) is 1. The van der Waals surface area contributed by atoms with E-state index < -0.39 is 36.8 Å². The summed E-state index contributed by atoms with van der Waals surface area (Å²) in [6.07, 6.45) is 0. The van der Waals surface area contributed by atoms with Crippen molar-refractivity contribution in [2.24, 2.45) is 0 Å². The van der Waals surface area contributed by atoms with Gasteiger partial charge in [-0.05, 0) is 0 Å². The Kier molecular flexibility index (Phi) is 2.27. The van der Waals surface area contributed by atoms with Gasteiger partial charge in [-0.25, -0.2) is 4.79 Å². The molecule has 1 aliphatic rings. The van der Waals surface area contributed by atoms with E-state index in [1.807, 2.05) is 5.32 Å². The lowest BCUT2D eigenvalue weighted by atomic mass is 10.3. The highest BCUT2D eigenvalue weighted by atomic mass is 16.4. The molecule has 7 nitrogen and oxygen atoms in total. The van der Waals surface area contributed by atoms with Crippen LogP contribution in [0.3, 0.4) is 0 Å². The molecule has 0 spiro atoms. The lowest BCUT2D eigenvalue weighted by Crippen LogP contribution is -2.54. The molecule has 0 bridgehead atoms. The Balaban J connectivity index is 2.71. The number of carbonyl (C=O) groups excluding carboxylic acids is 3. The molecule has 2 N–H and O–H groups in total. The Morgan fingerprint density at radius 3 is 2.08 bits per heavy atom. The van der Waals surface area contributed by atoms with Crippen LogP contribution in [0.4, 0.5) is 0 Å². The number of carbonyl (C=O) groups is 4. The predicted octanol–water partition coefficient (Wildman–Crippen LogP) is -2.44. The van der Waals surface area contributed by atoms with E-state index in [9.17, 15) is 19.2 Å². The highest BCUT2D eigenvalue weighted by Gasteiger charge is 2.29. The Hall–Kier alpha value is -1.92. The molecule has 1 fully saturated rings. The number of hydrogen-bond donors (Lipinski definition) is 2. The van der Waals surface area contributed by atoms with E-state index in [4.69, 9.17) is 5.11 Å². The molecule has 3 amide bonds. The third-order valence-corrected chi connectivity index (χ3v) is 1.42. The number of piperazine rings is 1. The van der Waals surface area contributed by atoms with Gasteiger partial charge in [-0.2, -0.15) is 0 Å². The monoisotopic (exact) mass is 186 g/mol. The molecule has 0 aromatic carbocycles. The predicted molar refractivity (Wildman–Crippen MR) is 37.4 cm³/mol. The fourth-order valence-electron chi connectivity index (χ4n) is 0.916.